The first-order chi connectivity index (χ1) is 7.48. The molecule has 0 aliphatic carbocycles. The third-order valence-electron chi connectivity index (χ3n) is 3.52. The molecule has 96 valence electrons. The third-order valence-corrected chi connectivity index (χ3v) is 3.52. The van der Waals surface area contributed by atoms with Crippen LogP contribution in [0.25, 0.3) is 0 Å². The molecule has 0 N–H and O–H groups in total. The molecular weight excluding hydrogens is 212 g/mol. The minimum Gasteiger partial charge on any atom is -0.377 e. The highest BCUT2D eigenvalue weighted by Crippen LogP contribution is 2.30. The SMILES string of the molecule is CCC(C)OCC1(C)CCCN1CC(F)F. The van der Waals surface area contributed by atoms with E-state index in [0.717, 1.165) is 25.8 Å². The number of hydrogen-bond donors (Lipinski definition) is 0. The van der Waals surface area contributed by atoms with Crippen molar-refractivity contribution in [3.05, 3.63) is 0 Å². The van der Waals surface area contributed by atoms with E-state index in [1.54, 1.807) is 0 Å². The van der Waals surface area contributed by atoms with Crippen LogP contribution in [0.2, 0.25) is 0 Å². The molecule has 0 amide bonds. The molecule has 1 aliphatic heterocycles. The number of ether oxygens (including phenoxy) is 1. The summed E-state index contributed by atoms with van der Waals surface area (Å²) < 4.78 is 30.5. The maximum atomic E-state index is 12.4. The Labute approximate surface area is 97.0 Å². The van der Waals surface area contributed by atoms with Gasteiger partial charge in [0.15, 0.2) is 0 Å². The Morgan fingerprint density at radius 1 is 1.44 bits per heavy atom. The molecule has 1 rings (SSSR count). The van der Waals surface area contributed by atoms with Crippen LogP contribution >= 0.6 is 0 Å². The van der Waals surface area contributed by atoms with Crippen molar-refractivity contribution >= 4 is 0 Å². The van der Waals surface area contributed by atoms with Gasteiger partial charge in [-0.1, -0.05) is 6.92 Å². The van der Waals surface area contributed by atoms with Crippen molar-refractivity contribution in [3.63, 3.8) is 0 Å². The highest BCUT2D eigenvalue weighted by atomic mass is 19.3. The zero-order valence-electron chi connectivity index (χ0n) is 10.5. The summed E-state index contributed by atoms with van der Waals surface area (Å²) in [7, 11) is 0. The normalized spacial score (nSPS) is 28.9. The van der Waals surface area contributed by atoms with E-state index in [0.29, 0.717) is 6.61 Å². The standard InChI is InChI=1S/C12H23F2NO/c1-4-10(2)16-9-12(3)6-5-7-15(12)8-11(13)14/h10-11H,4-9H2,1-3H3. The van der Waals surface area contributed by atoms with Gasteiger partial charge in [0.05, 0.1) is 19.3 Å². The number of likely N-dealkylation sites (tertiary alicyclic amines) is 1. The van der Waals surface area contributed by atoms with Crippen LogP contribution in [0.3, 0.4) is 0 Å². The molecule has 2 nitrogen and oxygen atoms in total. The molecule has 1 fully saturated rings. The van der Waals surface area contributed by atoms with Gasteiger partial charge in [0.1, 0.15) is 0 Å². The van der Waals surface area contributed by atoms with Crippen molar-refractivity contribution < 1.29 is 13.5 Å². The maximum absolute atomic E-state index is 12.4. The van der Waals surface area contributed by atoms with Gasteiger partial charge in [-0.25, -0.2) is 8.78 Å². The zero-order valence-corrected chi connectivity index (χ0v) is 10.5. The van der Waals surface area contributed by atoms with Gasteiger partial charge in [-0.05, 0) is 39.7 Å². The van der Waals surface area contributed by atoms with E-state index in [-0.39, 0.29) is 18.2 Å². The number of nitrogens with zero attached hydrogens (tertiary/aromatic N) is 1. The van der Waals surface area contributed by atoms with Crippen LogP contribution in [0.5, 0.6) is 0 Å². The van der Waals surface area contributed by atoms with Crippen LogP contribution in [-0.4, -0.2) is 42.7 Å². The van der Waals surface area contributed by atoms with Crippen molar-refractivity contribution in [3.8, 4) is 0 Å². The second kappa shape index (κ2) is 5.92. The predicted molar refractivity (Wildman–Crippen MR) is 60.9 cm³/mol. The van der Waals surface area contributed by atoms with Crippen molar-refractivity contribution in [1.29, 1.82) is 0 Å². The first-order valence-electron chi connectivity index (χ1n) is 6.12. The second-order valence-corrected chi connectivity index (χ2v) is 4.97. The van der Waals surface area contributed by atoms with Crippen LogP contribution < -0.4 is 0 Å². The molecule has 0 aromatic carbocycles. The summed E-state index contributed by atoms with van der Waals surface area (Å²) in [5, 5.41) is 0. The summed E-state index contributed by atoms with van der Waals surface area (Å²) >= 11 is 0. The van der Waals surface area contributed by atoms with Crippen molar-refractivity contribution in [2.45, 2.75) is 58.1 Å². The fourth-order valence-corrected chi connectivity index (χ4v) is 2.16. The number of rotatable bonds is 6. The molecule has 1 aliphatic rings. The zero-order chi connectivity index (χ0) is 12.2. The summed E-state index contributed by atoms with van der Waals surface area (Å²) in [5.41, 5.74) is -0.195. The third kappa shape index (κ3) is 3.67. The predicted octanol–water partition coefficient (Wildman–Crippen LogP) is 2.92. The summed E-state index contributed by atoms with van der Waals surface area (Å²) in [6.07, 6.45) is 0.876. The van der Waals surface area contributed by atoms with Crippen LogP contribution in [-0.2, 0) is 4.74 Å². The lowest BCUT2D eigenvalue weighted by Gasteiger charge is -2.35. The van der Waals surface area contributed by atoms with E-state index in [4.69, 9.17) is 4.74 Å². The maximum Gasteiger partial charge on any atom is 0.251 e. The van der Waals surface area contributed by atoms with E-state index >= 15 is 0 Å². The van der Waals surface area contributed by atoms with Crippen LogP contribution in [0, 0.1) is 0 Å². The van der Waals surface area contributed by atoms with Crippen LogP contribution in [0.15, 0.2) is 0 Å². The topological polar surface area (TPSA) is 12.5 Å². The summed E-state index contributed by atoms with van der Waals surface area (Å²) in [6, 6.07) is 0. The Hall–Kier alpha value is -0.220. The molecule has 0 aromatic heterocycles. The number of alkyl halides is 2. The average molecular weight is 235 g/mol. The molecular formula is C12H23F2NO. The lowest BCUT2D eigenvalue weighted by Crippen LogP contribution is -2.47. The van der Waals surface area contributed by atoms with Crippen molar-refractivity contribution in [2.24, 2.45) is 0 Å². The van der Waals surface area contributed by atoms with Gasteiger partial charge in [-0.2, -0.15) is 0 Å². The minimum absolute atomic E-state index is 0.125. The summed E-state index contributed by atoms with van der Waals surface area (Å²) in [6.45, 7) is 7.33. The second-order valence-electron chi connectivity index (χ2n) is 4.97. The summed E-state index contributed by atoms with van der Waals surface area (Å²) in [5.74, 6) is 0. The van der Waals surface area contributed by atoms with Gasteiger partial charge in [0.25, 0.3) is 6.43 Å². The quantitative estimate of drug-likeness (QED) is 0.702. The highest BCUT2D eigenvalue weighted by Gasteiger charge is 2.38. The lowest BCUT2D eigenvalue weighted by atomic mass is 10.00. The first-order valence-corrected chi connectivity index (χ1v) is 6.12. The van der Waals surface area contributed by atoms with Gasteiger partial charge < -0.3 is 4.74 Å². The van der Waals surface area contributed by atoms with Gasteiger partial charge in [0, 0.05) is 5.54 Å². The van der Waals surface area contributed by atoms with Gasteiger partial charge in [-0.15, -0.1) is 0 Å². The molecule has 4 heteroatoms. The molecule has 16 heavy (non-hydrogen) atoms. The molecule has 0 aromatic rings. The molecule has 2 atom stereocenters. The smallest absolute Gasteiger partial charge is 0.251 e. The molecule has 1 saturated heterocycles. The van der Waals surface area contributed by atoms with Crippen molar-refractivity contribution in [2.75, 3.05) is 19.7 Å². The Balaban J connectivity index is 2.46. The molecule has 0 spiro atoms. The Morgan fingerprint density at radius 2 is 2.12 bits per heavy atom. The van der Waals surface area contributed by atoms with Crippen LogP contribution in [0.1, 0.15) is 40.0 Å². The van der Waals surface area contributed by atoms with E-state index < -0.39 is 6.43 Å². The Bertz CT molecular complexity index is 213. The molecule has 0 bridgehead atoms. The van der Waals surface area contributed by atoms with Gasteiger partial charge in [0.2, 0.25) is 0 Å². The Kier molecular flexibility index (Phi) is 5.12. The highest BCUT2D eigenvalue weighted by molar-refractivity contribution is 4.92. The van der Waals surface area contributed by atoms with Gasteiger partial charge in [-0.3, -0.25) is 4.90 Å². The fraction of sp³-hybridized carbons (Fsp3) is 1.00. The van der Waals surface area contributed by atoms with Gasteiger partial charge >= 0.3 is 0 Å². The molecule has 1 heterocycles. The Morgan fingerprint density at radius 3 is 2.69 bits per heavy atom. The minimum atomic E-state index is -2.25. The van der Waals surface area contributed by atoms with Crippen LogP contribution in [0.4, 0.5) is 8.78 Å². The van der Waals surface area contributed by atoms with E-state index in [9.17, 15) is 8.78 Å². The molecule has 2 unspecified atom stereocenters. The van der Waals surface area contributed by atoms with E-state index in [2.05, 4.69) is 6.92 Å². The van der Waals surface area contributed by atoms with E-state index in [1.165, 1.54) is 0 Å². The van der Waals surface area contributed by atoms with Crippen molar-refractivity contribution in [1.82, 2.24) is 4.90 Å². The fourth-order valence-electron chi connectivity index (χ4n) is 2.16. The molecule has 0 saturated carbocycles. The monoisotopic (exact) mass is 235 g/mol. The largest absolute Gasteiger partial charge is 0.377 e. The number of halogens is 2. The van der Waals surface area contributed by atoms with E-state index in [1.807, 2.05) is 18.7 Å². The first kappa shape index (κ1) is 13.8. The summed E-state index contributed by atoms with van der Waals surface area (Å²) in [4.78, 5) is 1.88. The number of hydrogen-bond acceptors (Lipinski definition) is 2. The lowest BCUT2D eigenvalue weighted by molar-refractivity contribution is -0.0295. The molecule has 0 radical (unpaired) electrons. The average Bonchev–Trinajstić information content (AvgIpc) is 2.57.